The lowest BCUT2D eigenvalue weighted by molar-refractivity contribution is 0.0976. The van der Waals surface area contributed by atoms with E-state index >= 15 is 0 Å². The van der Waals surface area contributed by atoms with Gasteiger partial charge in [-0.2, -0.15) is 0 Å². The second-order valence-electron chi connectivity index (χ2n) is 12.0. The molecule has 3 aromatic rings. The molecule has 1 fully saturated rings. The van der Waals surface area contributed by atoms with E-state index in [9.17, 15) is 26.8 Å². The molecule has 14 nitrogen and oxygen atoms in total. The number of piperazine rings is 1. The SMILES string of the molecule is COCCOC(=O)n1nc(NC(=O)c2ccc(N3CCN(C)CC3)cc2NC(C)COC)c2c1NC[C@H](S(=O)(=O)c1cc(F)cc(F)c1)C2. The summed E-state index contributed by atoms with van der Waals surface area (Å²) in [5.74, 6) is -2.61. The van der Waals surface area contributed by atoms with Gasteiger partial charge in [-0.15, -0.1) is 9.78 Å². The number of fused-ring (bicyclic) bond motifs is 1. The normalized spacial score (nSPS) is 17.2. The Hall–Kier alpha value is -4.32. The zero-order valence-corrected chi connectivity index (χ0v) is 28.6. The molecule has 17 heteroatoms. The lowest BCUT2D eigenvalue weighted by atomic mass is 10.1. The molecule has 2 aromatic carbocycles. The highest BCUT2D eigenvalue weighted by Gasteiger charge is 2.37. The first kappa shape index (κ1) is 36.0. The third kappa shape index (κ3) is 8.29. The highest BCUT2D eigenvalue weighted by Crippen LogP contribution is 2.34. The molecule has 2 atom stereocenters. The molecule has 266 valence electrons. The maximum atomic E-state index is 14.0. The number of aromatic nitrogens is 2. The van der Waals surface area contributed by atoms with Crippen molar-refractivity contribution in [1.29, 1.82) is 0 Å². The van der Waals surface area contributed by atoms with E-state index in [2.05, 4.69) is 37.9 Å². The number of ether oxygens (including phenoxy) is 3. The number of likely N-dealkylation sites (N-methyl/N-ethyl adjacent to an activating group) is 1. The number of amides is 1. The first-order valence-corrected chi connectivity index (χ1v) is 17.3. The molecule has 2 aliphatic rings. The number of benzene rings is 2. The molecule has 3 N–H and O–H groups in total. The van der Waals surface area contributed by atoms with Crippen LogP contribution in [0.4, 0.5) is 36.6 Å². The van der Waals surface area contributed by atoms with Crippen molar-refractivity contribution in [2.24, 2.45) is 0 Å². The van der Waals surface area contributed by atoms with E-state index in [4.69, 9.17) is 14.2 Å². The minimum atomic E-state index is -4.27. The molecule has 3 heterocycles. The monoisotopic (exact) mass is 705 g/mol. The Morgan fingerprint density at radius 1 is 1.04 bits per heavy atom. The standard InChI is InChI=1S/C32H41F2N7O7S/c1-20(19-47-4)36-28-16-23(40-9-7-39(2)8-10-40)5-6-26(28)31(42)37-29-27-17-25(49(44,45)24-14-21(33)13-22(34)15-24)18-35-30(27)41(38-29)32(43)48-12-11-46-3/h5-6,13-16,20,25,35-36H,7-12,17-19H2,1-4H3,(H,37,38,42)/t20?,25-/m1/s1. The van der Waals surface area contributed by atoms with Crippen LogP contribution in [0.1, 0.15) is 22.8 Å². The lowest BCUT2D eigenvalue weighted by Crippen LogP contribution is -2.44. The van der Waals surface area contributed by atoms with Gasteiger partial charge in [0.15, 0.2) is 15.7 Å². The molecule has 0 radical (unpaired) electrons. The van der Waals surface area contributed by atoms with Gasteiger partial charge in [-0.1, -0.05) is 0 Å². The average Bonchev–Trinajstić information content (AvgIpc) is 3.42. The van der Waals surface area contributed by atoms with Crippen molar-refractivity contribution in [3.05, 3.63) is 59.2 Å². The Labute approximate surface area is 283 Å². The van der Waals surface area contributed by atoms with Gasteiger partial charge in [0.25, 0.3) is 5.91 Å². The van der Waals surface area contributed by atoms with Crippen LogP contribution in [-0.4, -0.2) is 120 Å². The van der Waals surface area contributed by atoms with Crippen LogP contribution < -0.4 is 20.9 Å². The van der Waals surface area contributed by atoms with Gasteiger partial charge in [0.1, 0.15) is 24.1 Å². The van der Waals surface area contributed by atoms with Crippen molar-refractivity contribution < 1.29 is 41.0 Å². The predicted octanol–water partition coefficient (Wildman–Crippen LogP) is 3.05. The number of methoxy groups -OCH3 is 2. The minimum Gasteiger partial charge on any atom is -0.445 e. The van der Waals surface area contributed by atoms with Crippen LogP contribution >= 0.6 is 0 Å². The summed E-state index contributed by atoms with van der Waals surface area (Å²) in [5.41, 5.74) is 1.95. The number of hydrogen-bond acceptors (Lipinski definition) is 12. The van der Waals surface area contributed by atoms with E-state index in [1.165, 1.54) is 7.11 Å². The number of halogens is 2. The summed E-state index contributed by atoms with van der Waals surface area (Å²) < 4.78 is 71.4. The molecule has 1 aromatic heterocycles. The molecule has 49 heavy (non-hydrogen) atoms. The summed E-state index contributed by atoms with van der Waals surface area (Å²) in [7, 11) is 0.820. The highest BCUT2D eigenvalue weighted by molar-refractivity contribution is 7.92. The smallest absolute Gasteiger partial charge is 0.436 e. The number of anilines is 4. The molecule has 1 amide bonds. The van der Waals surface area contributed by atoms with Crippen molar-refractivity contribution >= 4 is 44.8 Å². The van der Waals surface area contributed by atoms with Gasteiger partial charge in [-0.25, -0.2) is 22.0 Å². The summed E-state index contributed by atoms with van der Waals surface area (Å²) in [5, 5.41) is 12.1. The fourth-order valence-electron chi connectivity index (χ4n) is 5.79. The molecular formula is C32H41F2N7O7S. The minimum absolute atomic E-state index is 0.0812. The van der Waals surface area contributed by atoms with Gasteiger partial charge in [0.05, 0.1) is 28.9 Å². The van der Waals surface area contributed by atoms with E-state index in [1.807, 2.05) is 19.1 Å². The summed E-state index contributed by atoms with van der Waals surface area (Å²) in [6.07, 6.45) is -1.12. The second-order valence-corrected chi connectivity index (χ2v) is 14.3. The van der Waals surface area contributed by atoms with Crippen LogP contribution in [0, 0.1) is 11.6 Å². The predicted molar refractivity (Wildman–Crippen MR) is 179 cm³/mol. The number of carbonyl (C=O) groups is 2. The quantitative estimate of drug-likeness (QED) is 0.237. The van der Waals surface area contributed by atoms with Gasteiger partial charge in [-0.05, 0) is 50.7 Å². The molecule has 1 saturated heterocycles. The van der Waals surface area contributed by atoms with Crippen LogP contribution in [0.25, 0.3) is 0 Å². The van der Waals surface area contributed by atoms with E-state index in [0.717, 1.165) is 48.7 Å². The molecule has 5 rings (SSSR count). The van der Waals surface area contributed by atoms with Crippen LogP contribution in [0.3, 0.4) is 0 Å². The zero-order chi connectivity index (χ0) is 35.3. The van der Waals surface area contributed by atoms with Crippen LogP contribution in [0.5, 0.6) is 0 Å². The summed E-state index contributed by atoms with van der Waals surface area (Å²) in [4.78, 5) is 30.9. The highest BCUT2D eigenvalue weighted by atomic mass is 32.2. The number of hydrogen-bond donors (Lipinski definition) is 3. The Morgan fingerprint density at radius 3 is 2.43 bits per heavy atom. The molecule has 0 spiro atoms. The topological polar surface area (TPSA) is 156 Å². The van der Waals surface area contributed by atoms with Gasteiger partial charge in [0, 0.05) is 76.0 Å². The van der Waals surface area contributed by atoms with E-state index < -0.39 is 43.6 Å². The molecular weight excluding hydrogens is 664 g/mol. The largest absolute Gasteiger partial charge is 0.445 e. The van der Waals surface area contributed by atoms with Gasteiger partial charge >= 0.3 is 6.09 Å². The van der Waals surface area contributed by atoms with Crippen molar-refractivity contribution in [1.82, 2.24) is 14.7 Å². The first-order chi connectivity index (χ1) is 23.4. The van der Waals surface area contributed by atoms with Crippen molar-refractivity contribution in [2.45, 2.75) is 29.5 Å². The van der Waals surface area contributed by atoms with E-state index in [0.29, 0.717) is 18.4 Å². The molecule has 1 unspecified atom stereocenters. The molecule has 0 saturated carbocycles. The first-order valence-electron chi connectivity index (χ1n) is 15.8. The number of sulfone groups is 1. The fraction of sp³-hybridized carbons (Fsp3) is 0.469. The summed E-state index contributed by atoms with van der Waals surface area (Å²) in [6.45, 7) is 5.54. The maximum absolute atomic E-state index is 14.0. The second kappa shape index (κ2) is 15.5. The van der Waals surface area contributed by atoms with Crippen molar-refractivity contribution in [3.8, 4) is 0 Å². The van der Waals surface area contributed by atoms with Gasteiger partial charge in [-0.3, -0.25) is 4.79 Å². The average molecular weight is 706 g/mol. The van der Waals surface area contributed by atoms with Crippen molar-refractivity contribution in [2.75, 3.05) is 94.7 Å². The van der Waals surface area contributed by atoms with Crippen LogP contribution in [0.15, 0.2) is 41.3 Å². The van der Waals surface area contributed by atoms with Gasteiger partial charge in [0.2, 0.25) is 0 Å². The van der Waals surface area contributed by atoms with E-state index in [1.54, 1.807) is 13.2 Å². The Kier molecular flexibility index (Phi) is 11.4. The van der Waals surface area contributed by atoms with Crippen LogP contribution in [-0.2, 0) is 30.5 Å². The zero-order valence-electron chi connectivity index (χ0n) is 27.8. The van der Waals surface area contributed by atoms with E-state index in [-0.39, 0.29) is 55.0 Å². The maximum Gasteiger partial charge on any atom is 0.436 e. The molecule has 0 aliphatic carbocycles. The Bertz CT molecular complexity index is 1760. The third-order valence-electron chi connectivity index (χ3n) is 8.37. The number of nitrogens with one attached hydrogen (secondary N) is 3. The van der Waals surface area contributed by atoms with Crippen molar-refractivity contribution in [3.63, 3.8) is 0 Å². The Balaban J connectivity index is 1.48. The summed E-state index contributed by atoms with van der Waals surface area (Å²) >= 11 is 0. The Morgan fingerprint density at radius 2 is 1.76 bits per heavy atom. The number of nitrogens with zero attached hydrogens (tertiary/aromatic N) is 4. The third-order valence-corrected chi connectivity index (χ3v) is 10.5. The number of carbonyl (C=O) groups excluding carboxylic acids is 2. The number of rotatable bonds is 12. The molecule has 0 bridgehead atoms. The van der Waals surface area contributed by atoms with Gasteiger partial charge < -0.3 is 40.0 Å². The fourth-order valence-corrected chi connectivity index (χ4v) is 7.42. The van der Waals surface area contributed by atoms with Crippen LogP contribution in [0.2, 0.25) is 0 Å². The lowest BCUT2D eigenvalue weighted by Gasteiger charge is -2.34. The summed E-state index contributed by atoms with van der Waals surface area (Å²) in [6, 6.07) is 7.37. The molecule has 2 aliphatic heterocycles.